The van der Waals surface area contributed by atoms with Crippen LogP contribution in [-0.4, -0.2) is 67.8 Å². The van der Waals surface area contributed by atoms with Crippen LogP contribution in [0.25, 0.3) is 17.3 Å². The Morgan fingerprint density at radius 1 is 1.02 bits per heavy atom. The lowest BCUT2D eigenvalue weighted by molar-refractivity contribution is -0.130. The standard InChI is InChI=1S/C32H37N5O3S/c1-4-5-6-10-25-13-15-26(16-14-25)31(39)36-18-17-35(21-24(36)3)29(38)22-41-32-34-33-30(28-12-8-19-40-28)37(32)27-11-7-9-23(2)20-27/h7-9,11-16,19-20,24H,4-6,10,17-18,21-22H2,1-3H3. The van der Waals surface area contributed by atoms with E-state index in [0.29, 0.717) is 41.9 Å². The maximum Gasteiger partial charge on any atom is 0.254 e. The number of hydrogen-bond donors (Lipinski definition) is 0. The summed E-state index contributed by atoms with van der Waals surface area (Å²) < 4.78 is 7.53. The lowest BCUT2D eigenvalue weighted by atomic mass is 10.0. The van der Waals surface area contributed by atoms with Gasteiger partial charge in [-0.3, -0.25) is 14.2 Å². The number of hydrogen-bond acceptors (Lipinski definition) is 6. The number of thioether (sulfide) groups is 1. The van der Waals surface area contributed by atoms with Crippen molar-refractivity contribution in [3.63, 3.8) is 0 Å². The Kier molecular flexibility index (Phi) is 9.24. The molecule has 41 heavy (non-hydrogen) atoms. The quantitative estimate of drug-likeness (QED) is 0.171. The summed E-state index contributed by atoms with van der Waals surface area (Å²) in [5.41, 5.74) is 3.99. The molecule has 1 atom stereocenters. The Bertz CT molecular complexity index is 1460. The van der Waals surface area contributed by atoms with Crippen LogP contribution in [0.3, 0.4) is 0 Å². The smallest absolute Gasteiger partial charge is 0.254 e. The van der Waals surface area contributed by atoms with Crippen LogP contribution < -0.4 is 0 Å². The van der Waals surface area contributed by atoms with Crippen LogP contribution in [0, 0.1) is 6.92 Å². The zero-order chi connectivity index (χ0) is 28.8. The number of aryl methyl sites for hydroxylation is 2. The third-order valence-electron chi connectivity index (χ3n) is 7.47. The summed E-state index contributed by atoms with van der Waals surface area (Å²) in [6, 6.07) is 19.7. The largest absolute Gasteiger partial charge is 0.461 e. The first kappa shape index (κ1) is 28.7. The van der Waals surface area contributed by atoms with Crippen molar-refractivity contribution in [1.82, 2.24) is 24.6 Å². The molecule has 0 spiro atoms. The molecule has 2 aromatic heterocycles. The minimum atomic E-state index is -0.0732. The molecule has 5 rings (SSSR count). The number of benzene rings is 2. The second-order valence-corrected chi connectivity index (χ2v) is 11.5. The third kappa shape index (κ3) is 6.73. The first-order valence-corrected chi connectivity index (χ1v) is 15.3. The number of carbonyl (C=O) groups is 2. The molecule has 1 fully saturated rings. The van der Waals surface area contributed by atoms with Gasteiger partial charge in [0.1, 0.15) is 0 Å². The Morgan fingerprint density at radius 2 is 1.85 bits per heavy atom. The van der Waals surface area contributed by atoms with Crippen LogP contribution in [-0.2, 0) is 11.2 Å². The fraction of sp³-hybridized carbons (Fsp3) is 0.375. The summed E-state index contributed by atoms with van der Waals surface area (Å²) in [6.07, 6.45) is 6.24. The summed E-state index contributed by atoms with van der Waals surface area (Å²) in [7, 11) is 0. The summed E-state index contributed by atoms with van der Waals surface area (Å²) in [5, 5.41) is 9.40. The van der Waals surface area contributed by atoms with Gasteiger partial charge in [-0.15, -0.1) is 10.2 Å². The Balaban J connectivity index is 1.21. The second-order valence-electron chi connectivity index (χ2n) is 10.6. The number of nitrogens with zero attached hydrogens (tertiary/aromatic N) is 5. The highest BCUT2D eigenvalue weighted by Crippen LogP contribution is 2.29. The number of furan rings is 1. The first-order chi connectivity index (χ1) is 19.9. The van der Waals surface area contributed by atoms with Crippen molar-refractivity contribution in [3.05, 3.63) is 83.6 Å². The molecule has 8 nitrogen and oxygen atoms in total. The van der Waals surface area contributed by atoms with Crippen LogP contribution in [0.5, 0.6) is 0 Å². The van der Waals surface area contributed by atoms with E-state index in [2.05, 4.69) is 35.3 Å². The van der Waals surface area contributed by atoms with Gasteiger partial charge in [0.2, 0.25) is 11.7 Å². The molecule has 0 radical (unpaired) electrons. The van der Waals surface area contributed by atoms with Gasteiger partial charge >= 0.3 is 0 Å². The zero-order valence-corrected chi connectivity index (χ0v) is 24.8. The highest BCUT2D eigenvalue weighted by atomic mass is 32.2. The zero-order valence-electron chi connectivity index (χ0n) is 24.0. The number of piperazine rings is 1. The monoisotopic (exact) mass is 571 g/mol. The van der Waals surface area contributed by atoms with E-state index in [1.165, 1.54) is 36.6 Å². The lowest BCUT2D eigenvalue weighted by Gasteiger charge is -2.40. The Morgan fingerprint density at radius 3 is 2.56 bits per heavy atom. The van der Waals surface area contributed by atoms with Gasteiger partial charge in [-0.25, -0.2) is 0 Å². The van der Waals surface area contributed by atoms with E-state index < -0.39 is 0 Å². The Labute approximate surface area is 245 Å². The fourth-order valence-electron chi connectivity index (χ4n) is 5.19. The molecular formula is C32H37N5O3S. The SMILES string of the molecule is CCCCCc1ccc(C(=O)N2CCN(C(=O)CSc3nnc(-c4ccco4)n3-c3cccc(C)c3)CC2C)cc1. The molecule has 1 aliphatic heterocycles. The highest BCUT2D eigenvalue weighted by Gasteiger charge is 2.30. The number of aromatic nitrogens is 3. The minimum absolute atomic E-state index is 0.0173. The van der Waals surface area contributed by atoms with Crippen LogP contribution in [0.15, 0.2) is 76.5 Å². The van der Waals surface area contributed by atoms with Gasteiger partial charge < -0.3 is 14.2 Å². The fourth-order valence-corrected chi connectivity index (χ4v) is 6.05. The molecule has 1 aliphatic rings. The van der Waals surface area contributed by atoms with Gasteiger partial charge in [-0.05, 0) is 74.2 Å². The molecule has 0 N–H and O–H groups in total. The van der Waals surface area contributed by atoms with Gasteiger partial charge in [0.25, 0.3) is 5.91 Å². The molecule has 1 unspecified atom stereocenters. The van der Waals surface area contributed by atoms with Gasteiger partial charge in [0, 0.05) is 31.2 Å². The van der Waals surface area contributed by atoms with Crippen molar-refractivity contribution < 1.29 is 14.0 Å². The van der Waals surface area contributed by atoms with Gasteiger partial charge in [0.05, 0.1) is 17.7 Å². The number of carbonyl (C=O) groups excluding carboxylic acids is 2. The van der Waals surface area contributed by atoms with Crippen molar-refractivity contribution in [1.29, 1.82) is 0 Å². The van der Waals surface area contributed by atoms with Gasteiger partial charge in [-0.1, -0.05) is 55.8 Å². The van der Waals surface area contributed by atoms with E-state index in [1.54, 1.807) is 6.26 Å². The second kappa shape index (κ2) is 13.2. The summed E-state index contributed by atoms with van der Waals surface area (Å²) in [5.74, 6) is 1.46. The average Bonchev–Trinajstić information content (AvgIpc) is 3.66. The average molecular weight is 572 g/mol. The third-order valence-corrected chi connectivity index (χ3v) is 8.38. The minimum Gasteiger partial charge on any atom is -0.461 e. The molecule has 3 heterocycles. The van der Waals surface area contributed by atoms with Crippen LogP contribution in [0.4, 0.5) is 0 Å². The molecule has 214 valence electrons. The number of rotatable bonds is 10. The summed E-state index contributed by atoms with van der Waals surface area (Å²) >= 11 is 1.36. The molecule has 9 heteroatoms. The van der Waals surface area contributed by atoms with Crippen LogP contribution in [0.1, 0.15) is 54.6 Å². The Hall–Kier alpha value is -3.85. The van der Waals surface area contributed by atoms with E-state index >= 15 is 0 Å². The van der Waals surface area contributed by atoms with Gasteiger partial charge in [0.15, 0.2) is 10.9 Å². The van der Waals surface area contributed by atoms with E-state index in [0.717, 1.165) is 17.7 Å². The van der Waals surface area contributed by atoms with Crippen molar-refractivity contribution in [2.75, 3.05) is 25.4 Å². The highest BCUT2D eigenvalue weighted by molar-refractivity contribution is 7.99. The van der Waals surface area contributed by atoms with Gasteiger partial charge in [-0.2, -0.15) is 0 Å². The number of amides is 2. The van der Waals surface area contributed by atoms with Crippen LogP contribution >= 0.6 is 11.8 Å². The first-order valence-electron chi connectivity index (χ1n) is 14.3. The molecule has 2 amide bonds. The molecule has 4 aromatic rings. The lowest BCUT2D eigenvalue weighted by Crippen LogP contribution is -2.55. The maximum absolute atomic E-state index is 13.3. The number of unbranched alkanes of at least 4 members (excludes halogenated alkanes) is 2. The van der Waals surface area contributed by atoms with E-state index in [1.807, 2.05) is 70.7 Å². The topological polar surface area (TPSA) is 84.5 Å². The van der Waals surface area contributed by atoms with Crippen molar-refractivity contribution in [3.8, 4) is 17.3 Å². The summed E-state index contributed by atoms with van der Waals surface area (Å²) in [6.45, 7) is 7.76. The predicted octanol–water partition coefficient (Wildman–Crippen LogP) is 6.03. The molecule has 0 bridgehead atoms. The molecule has 2 aromatic carbocycles. The molecule has 0 saturated carbocycles. The van der Waals surface area contributed by atoms with Crippen molar-refractivity contribution in [2.24, 2.45) is 0 Å². The normalized spacial score (nSPS) is 15.3. The maximum atomic E-state index is 13.3. The van der Waals surface area contributed by atoms with Crippen molar-refractivity contribution >= 4 is 23.6 Å². The van der Waals surface area contributed by atoms with Crippen LogP contribution in [0.2, 0.25) is 0 Å². The van der Waals surface area contributed by atoms with E-state index in [4.69, 9.17) is 4.42 Å². The molecule has 0 aliphatic carbocycles. The van der Waals surface area contributed by atoms with E-state index in [-0.39, 0.29) is 23.6 Å². The molecule has 1 saturated heterocycles. The van der Waals surface area contributed by atoms with E-state index in [9.17, 15) is 9.59 Å². The predicted molar refractivity (Wildman–Crippen MR) is 161 cm³/mol. The van der Waals surface area contributed by atoms with Crippen molar-refractivity contribution in [2.45, 2.75) is 57.7 Å². The molecular weight excluding hydrogens is 534 g/mol. The summed E-state index contributed by atoms with van der Waals surface area (Å²) in [4.78, 5) is 30.3.